The zero-order valence-electron chi connectivity index (χ0n) is 12.1. The molecule has 0 radical (unpaired) electrons. The maximum Gasteiger partial charge on any atom is 0.224 e. The summed E-state index contributed by atoms with van der Waals surface area (Å²) < 4.78 is 0.810. The summed E-state index contributed by atoms with van der Waals surface area (Å²) in [7, 11) is 0. The Morgan fingerprint density at radius 3 is 2.58 bits per heavy atom. The van der Waals surface area contributed by atoms with Crippen molar-refractivity contribution in [1.82, 2.24) is 0 Å². The van der Waals surface area contributed by atoms with E-state index in [1.54, 1.807) is 12.1 Å². The van der Waals surface area contributed by atoms with Crippen LogP contribution in [0.1, 0.15) is 40.5 Å². The van der Waals surface area contributed by atoms with Gasteiger partial charge in [-0.25, -0.2) is 0 Å². The highest BCUT2D eigenvalue weighted by Gasteiger charge is 2.18. The molecule has 106 valence electrons. The van der Waals surface area contributed by atoms with Crippen molar-refractivity contribution in [2.75, 3.05) is 11.1 Å². The van der Waals surface area contributed by atoms with Crippen LogP contribution in [0.15, 0.2) is 22.7 Å². The highest BCUT2D eigenvalue weighted by atomic mass is 79.9. The van der Waals surface area contributed by atoms with Gasteiger partial charge in [0.15, 0.2) is 0 Å². The van der Waals surface area contributed by atoms with Gasteiger partial charge in [0, 0.05) is 16.6 Å². The Balaban J connectivity index is 2.56. The second kappa shape index (κ2) is 6.42. The molecule has 1 aromatic rings. The van der Waals surface area contributed by atoms with E-state index >= 15 is 0 Å². The second-order valence-corrected chi connectivity index (χ2v) is 7.22. The smallest absolute Gasteiger partial charge is 0.224 e. The van der Waals surface area contributed by atoms with Crippen molar-refractivity contribution in [3.8, 4) is 0 Å². The molecule has 3 N–H and O–H groups in total. The lowest BCUT2D eigenvalue weighted by atomic mass is 9.84. The summed E-state index contributed by atoms with van der Waals surface area (Å²) in [6.07, 6.45) is 1.57. The van der Waals surface area contributed by atoms with Crippen molar-refractivity contribution in [1.29, 1.82) is 0 Å². The minimum absolute atomic E-state index is 0.0437. The summed E-state index contributed by atoms with van der Waals surface area (Å²) in [6, 6.07) is 5.37. The fourth-order valence-electron chi connectivity index (χ4n) is 2.27. The molecule has 0 aliphatic heterocycles. The van der Waals surface area contributed by atoms with Crippen molar-refractivity contribution in [3.63, 3.8) is 0 Å². The Kier molecular flexibility index (Phi) is 5.41. The number of nitrogens with two attached hydrogens (primary N) is 1. The predicted molar refractivity (Wildman–Crippen MR) is 85.0 cm³/mol. The third-order valence-corrected chi connectivity index (χ3v) is 3.42. The number of hydrogen-bond donors (Lipinski definition) is 2. The molecule has 19 heavy (non-hydrogen) atoms. The van der Waals surface area contributed by atoms with Gasteiger partial charge < -0.3 is 11.1 Å². The number of carbonyl (C=O) groups excluding carboxylic acids is 1. The zero-order valence-corrected chi connectivity index (χ0v) is 13.7. The Morgan fingerprint density at radius 1 is 1.42 bits per heavy atom. The monoisotopic (exact) mass is 326 g/mol. The molecule has 0 aliphatic carbocycles. The van der Waals surface area contributed by atoms with Crippen LogP contribution in [0.3, 0.4) is 0 Å². The topological polar surface area (TPSA) is 55.1 Å². The molecule has 0 heterocycles. The molecule has 3 nitrogen and oxygen atoms in total. The number of carbonyl (C=O) groups is 1. The Labute approximate surface area is 124 Å². The summed E-state index contributed by atoms with van der Waals surface area (Å²) in [4.78, 5) is 12.0. The Bertz CT molecular complexity index is 452. The first kappa shape index (κ1) is 16.0. The average molecular weight is 327 g/mol. The predicted octanol–water partition coefficient (Wildman–Crippen LogP) is 4.43. The molecule has 0 fully saturated rings. The van der Waals surface area contributed by atoms with Crippen molar-refractivity contribution in [2.24, 2.45) is 11.3 Å². The van der Waals surface area contributed by atoms with E-state index in [4.69, 9.17) is 5.73 Å². The van der Waals surface area contributed by atoms with Crippen molar-refractivity contribution >= 4 is 33.2 Å². The Hall–Kier alpha value is -1.03. The molecule has 0 spiro atoms. The zero-order chi connectivity index (χ0) is 14.6. The van der Waals surface area contributed by atoms with Crippen LogP contribution in [0, 0.1) is 11.3 Å². The number of amides is 1. The van der Waals surface area contributed by atoms with E-state index in [0.717, 1.165) is 16.6 Å². The molecule has 1 atom stereocenters. The van der Waals surface area contributed by atoms with Gasteiger partial charge in [-0.2, -0.15) is 0 Å². The standard InChI is InChI=1S/C15H23BrN2O/c1-10(9-15(2,3)4)7-14(19)18-13-6-5-11(17)8-12(13)16/h5-6,8,10H,7,9,17H2,1-4H3,(H,18,19). The second-order valence-electron chi connectivity index (χ2n) is 6.36. The number of nitrogens with one attached hydrogen (secondary N) is 1. The van der Waals surface area contributed by atoms with E-state index in [2.05, 4.69) is 48.9 Å². The fourth-order valence-corrected chi connectivity index (χ4v) is 2.76. The lowest BCUT2D eigenvalue weighted by Crippen LogP contribution is -2.19. The third kappa shape index (κ3) is 6.10. The quantitative estimate of drug-likeness (QED) is 0.804. The minimum Gasteiger partial charge on any atom is -0.399 e. The first-order chi connectivity index (χ1) is 8.67. The highest BCUT2D eigenvalue weighted by Crippen LogP contribution is 2.28. The molecule has 4 heteroatoms. The SMILES string of the molecule is CC(CC(=O)Nc1ccc(N)cc1Br)CC(C)(C)C. The van der Waals surface area contributed by atoms with Crippen LogP contribution >= 0.6 is 15.9 Å². The van der Waals surface area contributed by atoms with Crippen molar-refractivity contribution in [2.45, 2.75) is 40.5 Å². The van der Waals surface area contributed by atoms with Crippen LogP contribution in [0.4, 0.5) is 11.4 Å². The van der Waals surface area contributed by atoms with Crippen LogP contribution in [-0.4, -0.2) is 5.91 Å². The van der Waals surface area contributed by atoms with Gasteiger partial charge >= 0.3 is 0 Å². The van der Waals surface area contributed by atoms with Crippen molar-refractivity contribution < 1.29 is 4.79 Å². The summed E-state index contributed by atoms with van der Waals surface area (Å²) in [5.41, 5.74) is 7.36. The third-order valence-electron chi connectivity index (χ3n) is 2.76. The number of hydrogen-bond acceptors (Lipinski definition) is 2. The summed E-state index contributed by atoms with van der Waals surface area (Å²) in [5, 5.41) is 2.91. The number of anilines is 2. The maximum absolute atomic E-state index is 12.0. The van der Waals surface area contributed by atoms with Gasteiger partial charge in [-0.1, -0.05) is 27.7 Å². The summed E-state index contributed by atoms with van der Waals surface area (Å²) in [6.45, 7) is 8.69. The first-order valence-electron chi connectivity index (χ1n) is 6.52. The van der Waals surface area contributed by atoms with Crippen molar-refractivity contribution in [3.05, 3.63) is 22.7 Å². The highest BCUT2D eigenvalue weighted by molar-refractivity contribution is 9.10. The Morgan fingerprint density at radius 2 is 2.05 bits per heavy atom. The largest absolute Gasteiger partial charge is 0.399 e. The summed E-state index contributed by atoms with van der Waals surface area (Å²) >= 11 is 3.40. The maximum atomic E-state index is 12.0. The molecule has 0 saturated carbocycles. The normalized spacial score (nSPS) is 13.1. The molecule has 0 saturated heterocycles. The molecule has 1 amide bonds. The van der Waals surface area contributed by atoms with E-state index in [-0.39, 0.29) is 11.3 Å². The van der Waals surface area contributed by atoms with Crippen LogP contribution in [0.5, 0.6) is 0 Å². The van der Waals surface area contributed by atoms with E-state index in [1.807, 2.05) is 6.07 Å². The van der Waals surface area contributed by atoms with Crippen LogP contribution in [0.2, 0.25) is 0 Å². The molecule has 1 rings (SSSR count). The van der Waals surface area contributed by atoms with Gasteiger partial charge in [0.05, 0.1) is 5.69 Å². The number of nitrogen functional groups attached to an aromatic ring is 1. The molecular formula is C15H23BrN2O. The van der Waals surface area contributed by atoms with E-state index < -0.39 is 0 Å². The van der Waals surface area contributed by atoms with Crippen LogP contribution in [-0.2, 0) is 4.79 Å². The minimum atomic E-state index is 0.0437. The molecule has 0 aliphatic rings. The number of halogens is 1. The first-order valence-corrected chi connectivity index (χ1v) is 7.31. The molecule has 0 aromatic heterocycles. The van der Waals surface area contributed by atoms with Gasteiger partial charge in [0.25, 0.3) is 0 Å². The summed E-state index contributed by atoms with van der Waals surface area (Å²) in [5.74, 6) is 0.412. The van der Waals surface area contributed by atoms with Crippen LogP contribution < -0.4 is 11.1 Å². The number of benzene rings is 1. The van der Waals surface area contributed by atoms with Gasteiger partial charge in [-0.15, -0.1) is 0 Å². The number of rotatable bonds is 4. The molecular weight excluding hydrogens is 304 g/mol. The van der Waals surface area contributed by atoms with Gasteiger partial charge in [-0.3, -0.25) is 4.79 Å². The van der Waals surface area contributed by atoms with Gasteiger partial charge in [-0.05, 0) is 51.9 Å². The van der Waals surface area contributed by atoms with E-state index in [1.165, 1.54) is 0 Å². The molecule has 1 aromatic carbocycles. The van der Waals surface area contributed by atoms with E-state index in [0.29, 0.717) is 18.0 Å². The lowest BCUT2D eigenvalue weighted by molar-refractivity contribution is -0.117. The van der Waals surface area contributed by atoms with E-state index in [9.17, 15) is 4.79 Å². The molecule has 0 bridgehead atoms. The van der Waals surface area contributed by atoms with Crippen LogP contribution in [0.25, 0.3) is 0 Å². The van der Waals surface area contributed by atoms with Gasteiger partial charge in [0.2, 0.25) is 5.91 Å². The lowest BCUT2D eigenvalue weighted by Gasteiger charge is -2.22. The van der Waals surface area contributed by atoms with Gasteiger partial charge in [0.1, 0.15) is 0 Å². The molecule has 1 unspecified atom stereocenters. The fraction of sp³-hybridized carbons (Fsp3) is 0.533. The average Bonchev–Trinajstić information content (AvgIpc) is 2.19.